The Balaban J connectivity index is 1.96. The van der Waals surface area contributed by atoms with E-state index in [1.165, 1.54) is 30.3 Å². The van der Waals surface area contributed by atoms with Crippen LogP contribution in [0.2, 0.25) is 0 Å². The van der Waals surface area contributed by atoms with Crippen molar-refractivity contribution in [2.24, 2.45) is 0 Å². The van der Waals surface area contributed by atoms with E-state index in [1.54, 1.807) is 6.92 Å². The number of nitrogens with one attached hydrogen (secondary N) is 1. The molecule has 7 nitrogen and oxygen atoms in total. The van der Waals surface area contributed by atoms with Crippen LogP contribution in [0.3, 0.4) is 0 Å². The van der Waals surface area contributed by atoms with Gasteiger partial charge in [0.15, 0.2) is 6.61 Å². The van der Waals surface area contributed by atoms with Crippen LogP contribution in [0.5, 0.6) is 0 Å². The number of ether oxygens (including phenoxy) is 1. The van der Waals surface area contributed by atoms with Gasteiger partial charge in [-0.1, -0.05) is 12.1 Å². The number of carbonyl (C=O) groups excluding carboxylic acids is 2. The molecule has 0 unspecified atom stereocenters. The topological polar surface area (TPSA) is 98.5 Å². The lowest BCUT2D eigenvalue weighted by Gasteiger charge is -2.09. The highest BCUT2D eigenvalue weighted by Crippen LogP contribution is 2.16. The smallest absolute Gasteiger partial charge is 0.338 e. The highest BCUT2D eigenvalue weighted by Gasteiger charge is 2.14. The molecule has 0 atom stereocenters. The first-order valence-corrected chi connectivity index (χ1v) is 6.84. The highest BCUT2D eigenvalue weighted by atomic mass is 19.1. The summed E-state index contributed by atoms with van der Waals surface area (Å²) in [5.41, 5.74) is 0.615. The third-order valence-electron chi connectivity index (χ3n) is 3.10. The number of aryl methyl sites for hydroxylation is 1. The van der Waals surface area contributed by atoms with Crippen molar-refractivity contribution in [3.8, 4) is 0 Å². The van der Waals surface area contributed by atoms with Crippen LogP contribution in [0.15, 0.2) is 42.5 Å². The number of esters is 1. The zero-order chi connectivity index (χ0) is 17.7. The number of carbonyl (C=O) groups is 2. The Hall–Kier alpha value is -3.29. The summed E-state index contributed by atoms with van der Waals surface area (Å²) in [5, 5.41) is 13.1. The fourth-order valence-corrected chi connectivity index (χ4v) is 1.88. The maximum atomic E-state index is 13.1. The second-order valence-electron chi connectivity index (χ2n) is 4.89. The van der Waals surface area contributed by atoms with E-state index in [2.05, 4.69) is 5.32 Å². The van der Waals surface area contributed by atoms with Gasteiger partial charge in [0, 0.05) is 17.8 Å². The minimum Gasteiger partial charge on any atom is -0.452 e. The van der Waals surface area contributed by atoms with Crippen LogP contribution < -0.4 is 5.32 Å². The summed E-state index contributed by atoms with van der Waals surface area (Å²) in [6.07, 6.45) is 0. The molecule has 0 spiro atoms. The molecular formula is C16H13FN2O5. The molecule has 2 rings (SSSR count). The summed E-state index contributed by atoms with van der Waals surface area (Å²) in [7, 11) is 0. The van der Waals surface area contributed by atoms with Crippen LogP contribution in [0, 0.1) is 22.9 Å². The van der Waals surface area contributed by atoms with Gasteiger partial charge in [-0.3, -0.25) is 14.9 Å². The van der Waals surface area contributed by atoms with E-state index in [1.807, 2.05) is 0 Å². The molecule has 0 aliphatic heterocycles. The van der Waals surface area contributed by atoms with E-state index >= 15 is 0 Å². The summed E-state index contributed by atoms with van der Waals surface area (Å²) < 4.78 is 17.9. The van der Waals surface area contributed by atoms with Gasteiger partial charge in [0.25, 0.3) is 11.6 Å². The standard InChI is InChI=1S/C16H13FN2O5/c1-10-5-6-12(17)8-14(10)18-15(20)9-24-16(21)11-3-2-4-13(7-11)19(22)23/h2-8H,9H2,1H3,(H,18,20). The minimum absolute atomic E-state index is 0.0427. The van der Waals surface area contributed by atoms with Gasteiger partial charge in [0.1, 0.15) is 5.82 Å². The summed E-state index contributed by atoms with van der Waals surface area (Å²) >= 11 is 0. The summed E-state index contributed by atoms with van der Waals surface area (Å²) in [5.74, 6) is -2.03. The number of halogens is 1. The van der Waals surface area contributed by atoms with Gasteiger partial charge in [0.05, 0.1) is 10.5 Å². The Bertz CT molecular complexity index is 807. The molecule has 124 valence electrons. The average molecular weight is 332 g/mol. The van der Waals surface area contributed by atoms with E-state index < -0.39 is 29.2 Å². The maximum absolute atomic E-state index is 13.1. The first kappa shape index (κ1) is 17.1. The predicted octanol–water partition coefficient (Wildman–Crippen LogP) is 2.84. The zero-order valence-corrected chi connectivity index (χ0v) is 12.6. The number of benzene rings is 2. The van der Waals surface area contributed by atoms with Crippen molar-refractivity contribution in [2.75, 3.05) is 11.9 Å². The van der Waals surface area contributed by atoms with Crippen LogP contribution >= 0.6 is 0 Å². The SMILES string of the molecule is Cc1ccc(F)cc1NC(=O)COC(=O)c1cccc([N+](=O)[O-])c1. The second kappa shape index (κ2) is 7.32. The molecule has 0 fully saturated rings. The quantitative estimate of drug-likeness (QED) is 0.516. The minimum atomic E-state index is -0.871. The third kappa shape index (κ3) is 4.35. The molecule has 0 saturated carbocycles. The number of non-ortho nitro benzene ring substituents is 1. The van der Waals surface area contributed by atoms with Crippen molar-refractivity contribution in [1.82, 2.24) is 0 Å². The van der Waals surface area contributed by atoms with Crippen molar-refractivity contribution in [2.45, 2.75) is 6.92 Å². The highest BCUT2D eigenvalue weighted by molar-refractivity contribution is 5.96. The van der Waals surface area contributed by atoms with Crippen LogP contribution in [0.4, 0.5) is 15.8 Å². The maximum Gasteiger partial charge on any atom is 0.338 e. The molecule has 0 aliphatic rings. The van der Waals surface area contributed by atoms with Crippen LogP contribution in [-0.4, -0.2) is 23.4 Å². The molecule has 2 aromatic carbocycles. The van der Waals surface area contributed by atoms with Gasteiger partial charge >= 0.3 is 5.97 Å². The lowest BCUT2D eigenvalue weighted by atomic mass is 10.2. The van der Waals surface area contributed by atoms with Gasteiger partial charge in [-0.2, -0.15) is 0 Å². The van der Waals surface area contributed by atoms with E-state index in [-0.39, 0.29) is 16.9 Å². The molecule has 24 heavy (non-hydrogen) atoms. The number of hydrogen-bond acceptors (Lipinski definition) is 5. The monoisotopic (exact) mass is 332 g/mol. The number of nitrogens with zero attached hydrogens (tertiary/aromatic N) is 1. The summed E-state index contributed by atoms with van der Waals surface area (Å²) in [6, 6.07) is 8.87. The Morgan fingerprint density at radius 2 is 2.00 bits per heavy atom. The van der Waals surface area contributed by atoms with Crippen LogP contribution in [0.1, 0.15) is 15.9 Å². The third-order valence-corrected chi connectivity index (χ3v) is 3.10. The number of hydrogen-bond donors (Lipinski definition) is 1. The van der Waals surface area contributed by atoms with E-state index in [9.17, 15) is 24.1 Å². The summed E-state index contributed by atoms with van der Waals surface area (Å²) in [6.45, 7) is 1.08. The fraction of sp³-hybridized carbons (Fsp3) is 0.125. The molecule has 2 aromatic rings. The number of amides is 1. The summed E-state index contributed by atoms with van der Waals surface area (Å²) in [4.78, 5) is 33.6. The molecular weight excluding hydrogens is 319 g/mol. The van der Waals surface area contributed by atoms with E-state index in [0.29, 0.717) is 5.56 Å². The van der Waals surface area contributed by atoms with Crippen molar-refractivity contribution in [3.63, 3.8) is 0 Å². The van der Waals surface area contributed by atoms with Crippen LogP contribution in [0.25, 0.3) is 0 Å². The first-order valence-electron chi connectivity index (χ1n) is 6.84. The largest absolute Gasteiger partial charge is 0.452 e. The number of rotatable bonds is 5. The first-order chi connectivity index (χ1) is 11.4. The molecule has 0 aromatic heterocycles. The number of nitro benzene ring substituents is 1. The Labute approximate surface area is 136 Å². The fourth-order valence-electron chi connectivity index (χ4n) is 1.88. The average Bonchev–Trinajstić information content (AvgIpc) is 2.56. The zero-order valence-electron chi connectivity index (χ0n) is 12.6. The molecule has 8 heteroatoms. The molecule has 0 radical (unpaired) electrons. The molecule has 0 bridgehead atoms. The predicted molar refractivity (Wildman–Crippen MR) is 83.1 cm³/mol. The second-order valence-corrected chi connectivity index (χ2v) is 4.89. The number of nitro groups is 1. The normalized spacial score (nSPS) is 10.1. The van der Waals surface area contributed by atoms with Gasteiger partial charge in [-0.05, 0) is 30.7 Å². The van der Waals surface area contributed by atoms with Gasteiger partial charge in [-0.25, -0.2) is 9.18 Å². The van der Waals surface area contributed by atoms with Crippen molar-refractivity contribution >= 4 is 23.3 Å². The Morgan fingerprint density at radius 1 is 1.25 bits per heavy atom. The van der Waals surface area contributed by atoms with Crippen LogP contribution in [-0.2, 0) is 9.53 Å². The van der Waals surface area contributed by atoms with E-state index in [0.717, 1.165) is 12.1 Å². The lowest BCUT2D eigenvalue weighted by molar-refractivity contribution is -0.384. The molecule has 1 N–H and O–H groups in total. The Kier molecular flexibility index (Phi) is 5.20. The van der Waals surface area contributed by atoms with E-state index in [4.69, 9.17) is 4.74 Å². The molecule has 1 amide bonds. The van der Waals surface area contributed by atoms with Gasteiger partial charge < -0.3 is 10.1 Å². The van der Waals surface area contributed by atoms with Gasteiger partial charge in [0.2, 0.25) is 0 Å². The molecule has 0 heterocycles. The van der Waals surface area contributed by atoms with Gasteiger partial charge in [-0.15, -0.1) is 0 Å². The molecule has 0 saturated heterocycles. The van der Waals surface area contributed by atoms with Crippen molar-refractivity contribution in [3.05, 3.63) is 69.5 Å². The lowest BCUT2D eigenvalue weighted by Crippen LogP contribution is -2.21. The van der Waals surface area contributed by atoms with Crippen molar-refractivity contribution < 1.29 is 23.6 Å². The van der Waals surface area contributed by atoms with Crippen molar-refractivity contribution in [1.29, 1.82) is 0 Å². The number of anilines is 1. The molecule has 0 aliphatic carbocycles. The Morgan fingerprint density at radius 3 is 2.71 bits per heavy atom.